The predicted octanol–water partition coefficient (Wildman–Crippen LogP) is 3.70. The lowest BCUT2D eigenvalue weighted by Gasteiger charge is -2.13. The summed E-state index contributed by atoms with van der Waals surface area (Å²) in [6.45, 7) is 3.54. The van der Waals surface area contributed by atoms with Gasteiger partial charge in [0.25, 0.3) is 5.56 Å². The third kappa shape index (κ3) is 3.15. The number of benzene rings is 1. The third-order valence-electron chi connectivity index (χ3n) is 4.12. The highest BCUT2D eigenvalue weighted by Crippen LogP contribution is 2.17. The van der Waals surface area contributed by atoms with Crippen LogP contribution in [0.3, 0.4) is 0 Å². The molecule has 0 saturated heterocycles. The van der Waals surface area contributed by atoms with Gasteiger partial charge in [0.1, 0.15) is 23.6 Å². The van der Waals surface area contributed by atoms with E-state index in [2.05, 4.69) is 15.0 Å². The van der Waals surface area contributed by atoms with Crippen LogP contribution in [-0.4, -0.2) is 19.5 Å². The largest absolute Gasteiger partial charge is 0.449 e. The van der Waals surface area contributed by atoms with Crippen molar-refractivity contribution in [2.75, 3.05) is 0 Å². The zero-order chi connectivity index (χ0) is 19.0. The Labute approximate surface area is 153 Å². The summed E-state index contributed by atoms with van der Waals surface area (Å²) in [5.41, 5.74) is 1.89. The van der Waals surface area contributed by atoms with E-state index in [9.17, 15) is 9.18 Å². The summed E-state index contributed by atoms with van der Waals surface area (Å²) in [6, 6.07) is 7.47. The number of aromatic nitrogens is 4. The van der Waals surface area contributed by atoms with Gasteiger partial charge in [-0.25, -0.2) is 14.4 Å². The van der Waals surface area contributed by atoms with Crippen LogP contribution >= 0.6 is 0 Å². The maximum atomic E-state index is 13.7. The summed E-state index contributed by atoms with van der Waals surface area (Å²) < 4.78 is 20.3. The molecule has 0 aliphatic heterocycles. The Morgan fingerprint density at radius 3 is 2.74 bits per heavy atom. The fraction of sp³-hybridized carbons (Fsp3) is 0.100. The van der Waals surface area contributed by atoms with Gasteiger partial charge >= 0.3 is 0 Å². The molecule has 0 aliphatic rings. The summed E-state index contributed by atoms with van der Waals surface area (Å²) in [5.74, 6) is 0.435. The molecule has 0 fully saturated rings. The van der Waals surface area contributed by atoms with Gasteiger partial charge in [-0.3, -0.25) is 14.3 Å². The molecule has 0 saturated carbocycles. The Bertz CT molecular complexity index is 1240. The first-order valence-electron chi connectivity index (χ1n) is 8.27. The molecule has 6 nitrogen and oxygen atoms in total. The minimum Gasteiger partial charge on any atom is -0.449 e. The molecular formula is C20H15FN4O2. The van der Waals surface area contributed by atoms with Crippen LogP contribution in [0.5, 0.6) is 0 Å². The first-order valence-corrected chi connectivity index (χ1v) is 8.27. The maximum Gasteiger partial charge on any atom is 0.266 e. The molecule has 0 N–H and O–H groups in total. The Morgan fingerprint density at radius 2 is 2.00 bits per heavy atom. The SMILES string of the molecule is Cc1nc(C=Cc2nc3ccc(F)cc3c(=O)n2-c2cccnc2C)co1. The number of oxazole rings is 1. The number of aryl methyl sites for hydroxylation is 2. The van der Waals surface area contributed by atoms with Crippen molar-refractivity contribution in [2.45, 2.75) is 13.8 Å². The van der Waals surface area contributed by atoms with E-state index in [-0.39, 0.29) is 10.9 Å². The van der Waals surface area contributed by atoms with Crippen molar-refractivity contribution in [1.29, 1.82) is 0 Å². The van der Waals surface area contributed by atoms with Crippen molar-refractivity contribution >= 4 is 23.1 Å². The lowest BCUT2D eigenvalue weighted by atomic mass is 10.2. The second-order valence-corrected chi connectivity index (χ2v) is 6.00. The molecule has 3 heterocycles. The van der Waals surface area contributed by atoms with Crippen LogP contribution in [0.25, 0.3) is 28.7 Å². The summed E-state index contributed by atoms with van der Waals surface area (Å²) in [7, 11) is 0. The molecule has 0 spiro atoms. The molecule has 4 rings (SSSR count). The molecule has 0 unspecified atom stereocenters. The van der Waals surface area contributed by atoms with Crippen molar-refractivity contribution in [3.05, 3.63) is 82.1 Å². The maximum absolute atomic E-state index is 13.7. The molecular weight excluding hydrogens is 347 g/mol. The van der Waals surface area contributed by atoms with Crippen molar-refractivity contribution in [3.63, 3.8) is 0 Å². The Kier molecular flexibility index (Phi) is 4.12. The molecule has 0 bridgehead atoms. The van der Waals surface area contributed by atoms with Crippen LogP contribution in [0, 0.1) is 19.7 Å². The van der Waals surface area contributed by atoms with Crippen LogP contribution in [0.2, 0.25) is 0 Å². The molecule has 3 aromatic heterocycles. The van der Waals surface area contributed by atoms with E-state index in [1.165, 1.54) is 29.0 Å². The summed E-state index contributed by atoms with van der Waals surface area (Å²) in [5, 5.41) is 0.202. The molecule has 0 radical (unpaired) electrons. The smallest absolute Gasteiger partial charge is 0.266 e. The van der Waals surface area contributed by atoms with Gasteiger partial charge < -0.3 is 4.42 Å². The van der Waals surface area contributed by atoms with Crippen LogP contribution in [-0.2, 0) is 0 Å². The molecule has 27 heavy (non-hydrogen) atoms. The highest BCUT2D eigenvalue weighted by Gasteiger charge is 2.14. The van der Waals surface area contributed by atoms with Gasteiger partial charge in [0.2, 0.25) is 0 Å². The van der Waals surface area contributed by atoms with Crippen LogP contribution < -0.4 is 5.56 Å². The predicted molar refractivity (Wildman–Crippen MR) is 100.0 cm³/mol. The van der Waals surface area contributed by atoms with Gasteiger partial charge in [-0.15, -0.1) is 0 Å². The molecule has 134 valence electrons. The minimum atomic E-state index is -0.489. The van der Waals surface area contributed by atoms with E-state index in [1.54, 1.807) is 44.3 Å². The zero-order valence-electron chi connectivity index (χ0n) is 14.7. The molecule has 1 aromatic carbocycles. The van der Waals surface area contributed by atoms with Crippen molar-refractivity contribution in [2.24, 2.45) is 0 Å². The van der Waals surface area contributed by atoms with E-state index < -0.39 is 5.82 Å². The lowest BCUT2D eigenvalue weighted by Crippen LogP contribution is -2.23. The highest BCUT2D eigenvalue weighted by atomic mass is 19.1. The summed E-state index contributed by atoms with van der Waals surface area (Å²) >= 11 is 0. The number of hydrogen-bond acceptors (Lipinski definition) is 5. The van der Waals surface area contributed by atoms with E-state index in [4.69, 9.17) is 4.42 Å². The van der Waals surface area contributed by atoms with Crippen LogP contribution in [0.4, 0.5) is 4.39 Å². The second-order valence-electron chi connectivity index (χ2n) is 6.00. The fourth-order valence-corrected chi connectivity index (χ4v) is 2.85. The molecule has 4 aromatic rings. The average Bonchev–Trinajstić information content (AvgIpc) is 3.07. The van der Waals surface area contributed by atoms with Gasteiger partial charge in [-0.1, -0.05) is 0 Å². The molecule has 0 aliphatic carbocycles. The van der Waals surface area contributed by atoms with E-state index >= 15 is 0 Å². The van der Waals surface area contributed by atoms with Gasteiger partial charge in [-0.2, -0.15) is 0 Å². The Morgan fingerprint density at radius 1 is 1.15 bits per heavy atom. The summed E-state index contributed by atoms with van der Waals surface area (Å²) in [4.78, 5) is 26.1. The van der Waals surface area contributed by atoms with Crippen molar-refractivity contribution in [3.8, 4) is 5.69 Å². The second kappa shape index (κ2) is 6.60. The lowest BCUT2D eigenvalue weighted by molar-refractivity contribution is 0.521. The van der Waals surface area contributed by atoms with E-state index in [0.29, 0.717) is 34.3 Å². The topological polar surface area (TPSA) is 73.8 Å². The van der Waals surface area contributed by atoms with Crippen LogP contribution in [0.1, 0.15) is 23.1 Å². The normalized spacial score (nSPS) is 11.5. The van der Waals surface area contributed by atoms with Gasteiger partial charge in [0.05, 0.1) is 22.3 Å². The number of fused-ring (bicyclic) bond motifs is 1. The third-order valence-corrected chi connectivity index (χ3v) is 4.12. The number of nitrogens with zero attached hydrogens (tertiary/aromatic N) is 4. The number of pyridine rings is 1. The molecule has 0 atom stereocenters. The van der Waals surface area contributed by atoms with E-state index in [0.717, 1.165) is 0 Å². The zero-order valence-corrected chi connectivity index (χ0v) is 14.7. The first kappa shape index (κ1) is 16.8. The standard InChI is InChI=1S/C20H15FN4O2/c1-12-18(4-3-9-22-12)25-19(8-6-15-11-27-13(2)23-15)24-17-7-5-14(21)10-16(17)20(25)26/h3-11H,1-2H3. The highest BCUT2D eigenvalue weighted by molar-refractivity contribution is 5.80. The van der Waals surface area contributed by atoms with Crippen molar-refractivity contribution in [1.82, 2.24) is 19.5 Å². The van der Waals surface area contributed by atoms with Crippen LogP contribution in [0.15, 0.2) is 52.0 Å². The minimum absolute atomic E-state index is 0.202. The van der Waals surface area contributed by atoms with Gasteiger partial charge in [0.15, 0.2) is 5.89 Å². The van der Waals surface area contributed by atoms with E-state index in [1.807, 2.05) is 0 Å². The summed E-state index contributed by atoms with van der Waals surface area (Å²) in [6.07, 6.45) is 6.54. The molecule has 0 amide bonds. The Balaban J connectivity index is 2.00. The number of hydrogen-bond donors (Lipinski definition) is 0. The monoisotopic (exact) mass is 362 g/mol. The van der Waals surface area contributed by atoms with Gasteiger partial charge in [-0.05, 0) is 49.4 Å². The quantitative estimate of drug-likeness (QED) is 0.556. The molecule has 7 heteroatoms. The number of halogens is 1. The van der Waals surface area contributed by atoms with Crippen molar-refractivity contribution < 1.29 is 8.81 Å². The average molecular weight is 362 g/mol. The first-order chi connectivity index (χ1) is 13.0. The fourth-order valence-electron chi connectivity index (χ4n) is 2.85. The number of rotatable bonds is 3. The Hall–Kier alpha value is -3.61. The van der Waals surface area contributed by atoms with Gasteiger partial charge in [0, 0.05) is 13.1 Å².